The third-order valence-electron chi connectivity index (χ3n) is 8.91. The highest BCUT2D eigenvalue weighted by Gasteiger charge is 2.26. The van der Waals surface area contributed by atoms with E-state index < -0.39 is 0 Å². The summed E-state index contributed by atoms with van der Waals surface area (Å²) in [5, 5.41) is 3.95. The number of carbonyl (C=O) groups excluding carboxylic acids is 1. The van der Waals surface area contributed by atoms with E-state index in [0.717, 1.165) is 59.2 Å². The Kier molecular flexibility index (Phi) is 11.7. The van der Waals surface area contributed by atoms with Crippen molar-refractivity contribution in [1.82, 2.24) is 4.90 Å². The molecule has 0 saturated carbocycles. The van der Waals surface area contributed by atoms with Crippen molar-refractivity contribution in [3.63, 3.8) is 0 Å². The lowest BCUT2D eigenvalue weighted by Crippen LogP contribution is -3.00. The van der Waals surface area contributed by atoms with Gasteiger partial charge >= 0.3 is 0 Å². The van der Waals surface area contributed by atoms with E-state index in [9.17, 15) is 4.79 Å². The van der Waals surface area contributed by atoms with Crippen molar-refractivity contribution in [3.8, 4) is 0 Å². The molecule has 0 saturated heterocycles. The number of aryl methyl sites for hydroxylation is 3. The molecule has 6 heteroatoms. The molecule has 0 bridgehead atoms. The first-order valence-corrected chi connectivity index (χ1v) is 16.8. The average Bonchev–Trinajstić information content (AvgIpc) is 3.32. The topological polar surface area (TPSA) is 20.3 Å². The van der Waals surface area contributed by atoms with Crippen LogP contribution < -0.4 is 17.0 Å². The number of unbranched alkanes of at least 4 members (excludes halogenated alkanes) is 1. The fourth-order valence-electron chi connectivity index (χ4n) is 6.40. The van der Waals surface area contributed by atoms with Crippen LogP contribution in [0.1, 0.15) is 64.2 Å². The number of amides is 1. The molecule has 0 spiro atoms. The third-order valence-corrected chi connectivity index (χ3v) is 10.6. The molecule has 1 aromatic heterocycles. The number of carbonyl (C=O) groups is 1. The summed E-state index contributed by atoms with van der Waals surface area (Å²) in [6.07, 6.45) is 2.01. The van der Waals surface area contributed by atoms with Crippen LogP contribution in [0.2, 0.25) is 5.02 Å². The van der Waals surface area contributed by atoms with Gasteiger partial charge in [0.2, 0.25) is 0 Å². The molecule has 44 heavy (non-hydrogen) atoms. The molecule has 0 aliphatic rings. The molecule has 0 aliphatic carbocycles. The van der Waals surface area contributed by atoms with Crippen LogP contribution in [0.5, 0.6) is 0 Å². The second kappa shape index (κ2) is 15.1. The molecular weight excluding hydrogens is 648 g/mol. The zero-order chi connectivity index (χ0) is 30.6. The molecule has 5 rings (SSSR count). The van der Waals surface area contributed by atoms with Gasteiger partial charge in [-0.1, -0.05) is 89.5 Å². The number of quaternary nitrogens is 1. The molecule has 232 valence electrons. The van der Waals surface area contributed by atoms with Crippen molar-refractivity contribution >= 4 is 49.7 Å². The predicted molar refractivity (Wildman–Crippen MR) is 185 cm³/mol. The summed E-state index contributed by atoms with van der Waals surface area (Å²) in [4.78, 5) is 16.8. The second-order valence-electron chi connectivity index (χ2n) is 12.2. The molecule has 0 unspecified atom stereocenters. The number of thiophene rings is 1. The highest BCUT2D eigenvalue weighted by atomic mass is 79.9. The van der Waals surface area contributed by atoms with Crippen LogP contribution >= 0.6 is 22.9 Å². The number of nitrogens with zero attached hydrogens (tertiary/aromatic N) is 2. The standard InChI is InChI=1S/C38H44ClN2OS.BrH/c1-6-41(7-2,26-31-21-28(4)20-29(5)22-31)19-11-10-18-40(25-30-15-16-32-12-8-9-13-33(32)24-30)38(42)37-36(39)34-17-14-27(3)23-35(34)43-37;/h8-9,12-17,20-24H,6-7,10-11,18-19,25-26H2,1-5H3;1H/q+1;/p-1. The number of fused-ring (bicyclic) bond motifs is 2. The Balaban J connectivity index is 0.00000442. The van der Waals surface area contributed by atoms with Crippen LogP contribution in [0, 0.1) is 20.8 Å². The van der Waals surface area contributed by atoms with Crippen molar-refractivity contribution in [2.45, 2.75) is 60.5 Å². The number of rotatable bonds is 12. The fraction of sp³-hybridized carbons (Fsp3) is 0.342. The minimum atomic E-state index is 0. The Morgan fingerprint density at radius 3 is 2.20 bits per heavy atom. The Bertz CT molecular complexity index is 1720. The molecule has 0 aliphatic heterocycles. The highest BCUT2D eigenvalue weighted by Crippen LogP contribution is 2.37. The maximum Gasteiger partial charge on any atom is 0.265 e. The van der Waals surface area contributed by atoms with E-state index in [1.807, 2.05) is 11.0 Å². The van der Waals surface area contributed by atoms with E-state index in [1.54, 1.807) is 0 Å². The summed E-state index contributed by atoms with van der Waals surface area (Å²) in [5.41, 5.74) is 6.40. The first-order valence-electron chi connectivity index (χ1n) is 15.6. The van der Waals surface area contributed by atoms with E-state index >= 15 is 0 Å². The molecule has 5 aromatic rings. The fourth-order valence-corrected chi connectivity index (χ4v) is 7.98. The van der Waals surface area contributed by atoms with Crippen LogP contribution in [0.15, 0.2) is 78.9 Å². The minimum absolute atomic E-state index is 0. The van der Waals surface area contributed by atoms with Crippen molar-refractivity contribution in [3.05, 3.63) is 117 Å². The summed E-state index contributed by atoms with van der Waals surface area (Å²) in [6, 6.07) is 28.1. The van der Waals surface area contributed by atoms with Gasteiger partial charge in [0.25, 0.3) is 5.91 Å². The number of benzene rings is 4. The second-order valence-corrected chi connectivity index (χ2v) is 13.6. The lowest BCUT2D eigenvalue weighted by Gasteiger charge is -2.37. The highest BCUT2D eigenvalue weighted by molar-refractivity contribution is 7.21. The van der Waals surface area contributed by atoms with Gasteiger partial charge in [0.1, 0.15) is 11.4 Å². The molecule has 1 amide bonds. The van der Waals surface area contributed by atoms with Gasteiger partial charge in [0.15, 0.2) is 0 Å². The first-order chi connectivity index (χ1) is 20.7. The number of hydrogen-bond acceptors (Lipinski definition) is 2. The van der Waals surface area contributed by atoms with Gasteiger partial charge < -0.3 is 26.4 Å². The summed E-state index contributed by atoms with van der Waals surface area (Å²) >= 11 is 8.36. The molecular formula is C38H44BrClN2OS. The van der Waals surface area contributed by atoms with Crippen LogP contribution in [0.3, 0.4) is 0 Å². The Hall–Kier alpha value is -2.70. The Labute approximate surface area is 282 Å². The largest absolute Gasteiger partial charge is 1.00 e. The minimum Gasteiger partial charge on any atom is -1.00 e. The first kappa shape index (κ1) is 34.2. The maximum absolute atomic E-state index is 14.1. The normalized spacial score (nSPS) is 11.6. The molecule has 0 atom stereocenters. The van der Waals surface area contributed by atoms with Gasteiger partial charge in [0.05, 0.1) is 24.7 Å². The van der Waals surface area contributed by atoms with Crippen LogP contribution in [-0.2, 0) is 13.1 Å². The molecule has 4 aromatic carbocycles. The Morgan fingerprint density at radius 2 is 1.50 bits per heavy atom. The molecule has 0 N–H and O–H groups in total. The monoisotopic (exact) mass is 690 g/mol. The van der Waals surface area contributed by atoms with Gasteiger partial charge in [-0.25, -0.2) is 0 Å². The molecule has 0 radical (unpaired) electrons. The van der Waals surface area contributed by atoms with E-state index in [2.05, 4.69) is 107 Å². The lowest BCUT2D eigenvalue weighted by molar-refractivity contribution is -0.938. The van der Waals surface area contributed by atoms with E-state index in [0.29, 0.717) is 23.0 Å². The summed E-state index contributed by atoms with van der Waals surface area (Å²) in [6.45, 7) is 16.7. The average molecular weight is 692 g/mol. The SMILES string of the molecule is CC[N+](CC)(CCCCN(Cc1ccc2ccccc2c1)C(=O)c1sc2cc(C)ccc2c1Cl)Cc1cc(C)cc(C)c1.[Br-]. The quantitative estimate of drug-likeness (QED) is 0.101. The van der Waals surface area contributed by atoms with Gasteiger partial charge in [-0.3, -0.25) is 4.79 Å². The van der Waals surface area contributed by atoms with Gasteiger partial charge in [0, 0.05) is 28.7 Å². The van der Waals surface area contributed by atoms with Crippen molar-refractivity contribution in [2.24, 2.45) is 0 Å². The molecule has 3 nitrogen and oxygen atoms in total. The predicted octanol–water partition coefficient (Wildman–Crippen LogP) is 7.12. The lowest BCUT2D eigenvalue weighted by atomic mass is 10.1. The maximum atomic E-state index is 14.1. The summed E-state index contributed by atoms with van der Waals surface area (Å²) < 4.78 is 2.13. The Morgan fingerprint density at radius 1 is 0.795 bits per heavy atom. The van der Waals surface area contributed by atoms with Crippen molar-refractivity contribution in [1.29, 1.82) is 0 Å². The van der Waals surface area contributed by atoms with E-state index in [-0.39, 0.29) is 22.9 Å². The van der Waals surface area contributed by atoms with Crippen molar-refractivity contribution in [2.75, 3.05) is 26.2 Å². The van der Waals surface area contributed by atoms with Crippen LogP contribution in [0.4, 0.5) is 0 Å². The zero-order valence-corrected chi connectivity index (χ0v) is 29.8. The molecule has 0 fully saturated rings. The third kappa shape index (κ3) is 7.92. The zero-order valence-electron chi connectivity index (χ0n) is 26.6. The van der Waals surface area contributed by atoms with Gasteiger partial charge in [-0.2, -0.15) is 0 Å². The van der Waals surface area contributed by atoms with Crippen LogP contribution in [-0.4, -0.2) is 41.5 Å². The summed E-state index contributed by atoms with van der Waals surface area (Å²) in [7, 11) is 0. The summed E-state index contributed by atoms with van der Waals surface area (Å²) in [5.74, 6) is 0.0268. The number of hydrogen-bond donors (Lipinski definition) is 0. The van der Waals surface area contributed by atoms with Gasteiger partial charge in [-0.05, 0) is 81.5 Å². The van der Waals surface area contributed by atoms with Crippen LogP contribution in [0.25, 0.3) is 20.9 Å². The number of halogens is 2. The van der Waals surface area contributed by atoms with Crippen molar-refractivity contribution < 1.29 is 26.3 Å². The van der Waals surface area contributed by atoms with E-state index in [4.69, 9.17) is 11.6 Å². The smallest absolute Gasteiger partial charge is 0.265 e. The molecule has 1 heterocycles. The van der Waals surface area contributed by atoms with Gasteiger partial charge in [-0.15, -0.1) is 11.3 Å². The van der Waals surface area contributed by atoms with E-state index in [1.165, 1.54) is 44.4 Å².